The lowest BCUT2D eigenvalue weighted by atomic mass is 10.1. The molecule has 0 saturated heterocycles. The average molecular weight is 393 g/mol. The third-order valence-electron chi connectivity index (χ3n) is 3.60. The first-order chi connectivity index (χ1) is 13.4. The summed E-state index contributed by atoms with van der Waals surface area (Å²) in [5.41, 5.74) is -0.489. The fourth-order valence-electron chi connectivity index (χ4n) is 2.26. The molecule has 3 aromatic rings. The molecular weight excluding hydrogens is 382 g/mol. The lowest BCUT2D eigenvalue weighted by molar-refractivity contribution is -0.119. The minimum absolute atomic E-state index is 0.00668. The number of amides is 1. The molecule has 0 unspecified atom stereocenters. The minimum Gasteiger partial charge on any atom is -0.452 e. The number of ether oxygens (including phenoxy) is 1. The lowest BCUT2D eigenvalue weighted by Gasteiger charge is -2.09. The highest BCUT2D eigenvalue weighted by molar-refractivity contribution is 5.95. The van der Waals surface area contributed by atoms with Crippen molar-refractivity contribution >= 4 is 17.6 Å². The van der Waals surface area contributed by atoms with E-state index in [2.05, 4.69) is 9.97 Å². The first kappa shape index (κ1) is 19.1. The van der Waals surface area contributed by atoms with Crippen LogP contribution in [0.25, 0.3) is 11.4 Å². The number of H-pyrrole nitrogens is 1. The maximum absolute atomic E-state index is 13.5. The highest BCUT2D eigenvalue weighted by Crippen LogP contribution is 2.24. The Bertz CT molecular complexity index is 995. The summed E-state index contributed by atoms with van der Waals surface area (Å²) in [6.07, 6.45) is 3.19. The molecule has 0 atom stereocenters. The van der Waals surface area contributed by atoms with Crippen LogP contribution in [-0.2, 0) is 9.53 Å². The van der Waals surface area contributed by atoms with Gasteiger partial charge in [-0.05, 0) is 12.1 Å². The second-order valence-corrected chi connectivity index (χ2v) is 5.48. The molecule has 2 aromatic carbocycles. The number of benzene rings is 2. The van der Waals surface area contributed by atoms with Crippen LogP contribution in [0.3, 0.4) is 0 Å². The first-order valence-electron chi connectivity index (χ1n) is 7.76. The van der Waals surface area contributed by atoms with Crippen molar-refractivity contribution in [2.45, 2.75) is 0 Å². The molecule has 0 bridgehead atoms. The molecule has 1 amide bonds. The van der Waals surface area contributed by atoms with E-state index in [4.69, 9.17) is 4.74 Å². The zero-order valence-corrected chi connectivity index (χ0v) is 13.9. The number of anilines is 1. The molecule has 3 rings (SSSR count). The van der Waals surface area contributed by atoms with Gasteiger partial charge in [0, 0.05) is 24.0 Å². The van der Waals surface area contributed by atoms with Crippen molar-refractivity contribution in [1.82, 2.24) is 9.97 Å². The molecule has 10 heteroatoms. The molecule has 0 fully saturated rings. The van der Waals surface area contributed by atoms with Crippen molar-refractivity contribution in [2.75, 3.05) is 11.9 Å². The predicted octanol–water partition coefficient (Wildman–Crippen LogP) is 3.43. The van der Waals surface area contributed by atoms with Crippen LogP contribution in [0.2, 0.25) is 0 Å². The van der Waals surface area contributed by atoms with Gasteiger partial charge in [-0.2, -0.15) is 0 Å². The zero-order chi connectivity index (χ0) is 20.3. The number of aromatic amines is 1. The Labute approximate surface area is 155 Å². The van der Waals surface area contributed by atoms with Crippen LogP contribution in [-0.4, -0.2) is 28.5 Å². The predicted molar refractivity (Wildman–Crippen MR) is 89.2 cm³/mol. The van der Waals surface area contributed by atoms with Crippen molar-refractivity contribution in [3.63, 3.8) is 0 Å². The standard InChI is InChI=1S/C18H11F4N3O3/c19-11-7-12(20)15(22)16(14(11)21)25-13(26)8-28-18(27)10-3-1-9(2-4-10)17-23-5-6-24-17/h1-7H,8H2,(H,23,24)(H,25,26). The third-order valence-corrected chi connectivity index (χ3v) is 3.60. The second kappa shape index (κ2) is 7.91. The van der Waals surface area contributed by atoms with E-state index < -0.39 is 47.4 Å². The number of aromatic nitrogens is 2. The van der Waals surface area contributed by atoms with Crippen molar-refractivity contribution in [3.05, 3.63) is 71.6 Å². The molecule has 0 saturated carbocycles. The number of halogens is 4. The van der Waals surface area contributed by atoms with E-state index in [1.54, 1.807) is 29.8 Å². The fourth-order valence-corrected chi connectivity index (χ4v) is 2.26. The van der Waals surface area contributed by atoms with Crippen molar-refractivity contribution in [1.29, 1.82) is 0 Å². The van der Waals surface area contributed by atoms with E-state index in [1.165, 1.54) is 12.1 Å². The van der Waals surface area contributed by atoms with Crippen molar-refractivity contribution in [2.24, 2.45) is 0 Å². The molecule has 1 heterocycles. The molecule has 2 N–H and O–H groups in total. The van der Waals surface area contributed by atoms with Gasteiger partial charge in [0.2, 0.25) is 0 Å². The van der Waals surface area contributed by atoms with Gasteiger partial charge in [0.15, 0.2) is 29.9 Å². The van der Waals surface area contributed by atoms with Gasteiger partial charge in [-0.25, -0.2) is 27.3 Å². The number of hydrogen-bond acceptors (Lipinski definition) is 4. The topological polar surface area (TPSA) is 84.1 Å². The minimum atomic E-state index is -1.77. The molecule has 144 valence electrons. The number of carbonyl (C=O) groups is 2. The number of nitrogens with zero attached hydrogens (tertiary/aromatic N) is 1. The molecule has 1 aromatic heterocycles. The van der Waals surface area contributed by atoms with Gasteiger partial charge in [0.25, 0.3) is 5.91 Å². The molecule has 0 radical (unpaired) electrons. The summed E-state index contributed by atoms with van der Waals surface area (Å²) in [6.45, 7) is -0.921. The summed E-state index contributed by atoms with van der Waals surface area (Å²) >= 11 is 0. The number of carbonyl (C=O) groups excluding carboxylic acids is 2. The quantitative estimate of drug-likeness (QED) is 0.395. The summed E-state index contributed by atoms with van der Waals surface area (Å²) in [7, 11) is 0. The van der Waals surface area contributed by atoms with Crippen LogP contribution in [0.15, 0.2) is 42.7 Å². The molecule has 6 nitrogen and oxygen atoms in total. The van der Waals surface area contributed by atoms with Gasteiger partial charge in [-0.1, -0.05) is 12.1 Å². The van der Waals surface area contributed by atoms with Crippen LogP contribution >= 0.6 is 0 Å². The van der Waals surface area contributed by atoms with Gasteiger partial charge in [0.05, 0.1) is 5.56 Å². The summed E-state index contributed by atoms with van der Waals surface area (Å²) in [5, 5.41) is 1.64. The Hall–Kier alpha value is -3.69. The van der Waals surface area contributed by atoms with E-state index in [0.29, 0.717) is 11.4 Å². The summed E-state index contributed by atoms with van der Waals surface area (Å²) < 4.78 is 58.0. The number of hydrogen-bond donors (Lipinski definition) is 2. The average Bonchev–Trinajstić information content (AvgIpc) is 3.23. The van der Waals surface area contributed by atoms with Crippen LogP contribution < -0.4 is 5.32 Å². The number of nitrogens with one attached hydrogen (secondary N) is 2. The van der Waals surface area contributed by atoms with E-state index in [-0.39, 0.29) is 11.6 Å². The second-order valence-electron chi connectivity index (χ2n) is 5.48. The third kappa shape index (κ3) is 4.00. The number of esters is 1. The SMILES string of the molecule is O=C(COC(=O)c1ccc(-c2ncc[nH]2)cc1)Nc1c(F)c(F)cc(F)c1F. The van der Waals surface area contributed by atoms with E-state index in [1.807, 2.05) is 0 Å². The maximum Gasteiger partial charge on any atom is 0.338 e. The van der Waals surface area contributed by atoms with Gasteiger partial charge in [-0.15, -0.1) is 0 Å². The fraction of sp³-hybridized carbons (Fsp3) is 0.0556. The highest BCUT2D eigenvalue weighted by Gasteiger charge is 2.21. The van der Waals surface area contributed by atoms with Gasteiger partial charge in [-0.3, -0.25) is 4.79 Å². The number of imidazole rings is 1. The highest BCUT2D eigenvalue weighted by atomic mass is 19.2. The zero-order valence-electron chi connectivity index (χ0n) is 13.9. The van der Waals surface area contributed by atoms with Crippen LogP contribution in [0.5, 0.6) is 0 Å². The Kier molecular flexibility index (Phi) is 5.39. The van der Waals surface area contributed by atoms with Gasteiger partial charge >= 0.3 is 5.97 Å². The molecule has 28 heavy (non-hydrogen) atoms. The Balaban J connectivity index is 1.61. The Morgan fingerprint density at radius 3 is 2.25 bits per heavy atom. The summed E-state index contributed by atoms with van der Waals surface area (Å²) in [4.78, 5) is 30.6. The largest absolute Gasteiger partial charge is 0.452 e. The molecule has 0 aliphatic heterocycles. The van der Waals surface area contributed by atoms with E-state index >= 15 is 0 Å². The van der Waals surface area contributed by atoms with Gasteiger partial charge < -0.3 is 15.0 Å². The lowest BCUT2D eigenvalue weighted by Crippen LogP contribution is -2.22. The Morgan fingerprint density at radius 1 is 1.04 bits per heavy atom. The first-order valence-corrected chi connectivity index (χ1v) is 7.76. The maximum atomic E-state index is 13.5. The van der Waals surface area contributed by atoms with Crippen LogP contribution in [0, 0.1) is 23.3 Å². The summed E-state index contributed by atoms with van der Waals surface area (Å²) in [5.74, 6) is -8.37. The van der Waals surface area contributed by atoms with Crippen molar-refractivity contribution in [3.8, 4) is 11.4 Å². The molecule has 0 aliphatic rings. The normalized spacial score (nSPS) is 10.6. The molecule has 0 aliphatic carbocycles. The smallest absolute Gasteiger partial charge is 0.338 e. The van der Waals surface area contributed by atoms with Crippen LogP contribution in [0.1, 0.15) is 10.4 Å². The monoisotopic (exact) mass is 393 g/mol. The van der Waals surface area contributed by atoms with E-state index in [9.17, 15) is 27.2 Å². The van der Waals surface area contributed by atoms with Crippen molar-refractivity contribution < 1.29 is 31.9 Å². The summed E-state index contributed by atoms with van der Waals surface area (Å²) in [6, 6.07) is 6.05. The van der Waals surface area contributed by atoms with Gasteiger partial charge in [0.1, 0.15) is 11.5 Å². The molecule has 0 spiro atoms. The van der Waals surface area contributed by atoms with E-state index in [0.717, 1.165) is 0 Å². The number of rotatable bonds is 5. The molecular formula is C18H11F4N3O3. The van der Waals surface area contributed by atoms with Crippen LogP contribution in [0.4, 0.5) is 23.2 Å². The Morgan fingerprint density at radius 2 is 1.68 bits per heavy atom.